The number of ether oxygens (including phenoxy) is 1. The lowest BCUT2D eigenvalue weighted by molar-refractivity contribution is 0.186. The molecule has 1 saturated heterocycles. The molecule has 3 rings (SSSR count). The van der Waals surface area contributed by atoms with E-state index in [4.69, 9.17) is 4.74 Å². The maximum Gasteiger partial charge on any atom is 0.191 e. The molecular formula is C24H32F2N4O2. The number of hydrogen-bond donors (Lipinski definition) is 3. The van der Waals surface area contributed by atoms with Gasteiger partial charge in [-0.25, -0.2) is 8.78 Å². The predicted molar refractivity (Wildman–Crippen MR) is 122 cm³/mol. The van der Waals surface area contributed by atoms with Crippen LogP contribution in [0.2, 0.25) is 0 Å². The van der Waals surface area contributed by atoms with E-state index in [0.717, 1.165) is 43.6 Å². The van der Waals surface area contributed by atoms with Crippen molar-refractivity contribution in [2.75, 3.05) is 33.3 Å². The van der Waals surface area contributed by atoms with Crippen LogP contribution in [0.1, 0.15) is 37.0 Å². The summed E-state index contributed by atoms with van der Waals surface area (Å²) in [6, 6.07) is 11.7. The summed E-state index contributed by atoms with van der Waals surface area (Å²) in [5.74, 6) is -0.246. The zero-order chi connectivity index (χ0) is 22.9. The molecule has 0 spiro atoms. The van der Waals surface area contributed by atoms with E-state index in [0.29, 0.717) is 18.3 Å². The Balaban J connectivity index is 1.50. The Morgan fingerprint density at radius 2 is 1.97 bits per heavy atom. The maximum absolute atomic E-state index is 13.4. The summed E-state index contributed by atoms with van der Waals surface area (Å²) in [7, 11) is 1.60. The van der Waals surface area contributed by atoms with Gasteiger partial charge >= 0.3 is 0 Å². The van der Waals surface area contributed by atoms with Gasteiger partial charge in [-0.05, 0) is 55.2 Å². The van der Waals surface area contributed by atoms with Gasteiger partial charge in [0.1, 0.15) is 5.75 Å². The molecule has 0 bridgehead atoms. The molecule has 1 fully saturated rings. The molecule has 0 aromatic heterocycles. The van der Waals surface area contributed by atoms with Crippen LogP contribution in [0.15, 0.2) is 47.5 Å². The Morgan fingerprint density at radius 1 is 1.19 bits per heavy atom. The highest BCUT2D eigenvalue weighted by molar-refractivity contribution is 5.80. The molecule has 0 aliphatic carbocycles. The van der Waals surface area contributed by atoms with Crippen molar-refractivity contribution >= 4 is 5.96 Å². The van der Waals surface area contributed by atoms with Gasteiger partial charge in [-0.2, -0.15) is 0 Å². The van der Waals surface area contributed by atoms with Crippen LogP contribution in [0.5, 0.6) is 5.75 Å². The van der Waals surface area contributed by atoms with Crippen LogP contribution in [0, 0.1) is 11.6 Å². The fourth-order valence-electron chi connectivity index (χ4n) is 3.78. The molecule has 2 aromatic rings. The second-order valence-corrected chi connectivity index (χ2v) is 7.96. The summed E-state index contributed by atoms with van der Waals surface area (Å²) in [5, 5.41) is 17.2. The predicted octanol–water partition coefficient (Wildman–Crippen LogP) is 3.23. The molecule has 0 saturated carbocycles. The van der Waals surface area contributed by atoms with Crippen molar-refractivity contribution in [3.8, 4) is 5.75 Å². The average Bonchev–Trinajstić information content (AvgIpc) is 2.81. The number of piperidine rings is 1. The summed E-state index contributed by atoms with van der Waals surface area (Å²) in [6.45, 7) is 5.25. The zero-order valence-electron chi connectivity index (χ0n) is 18.7. The fraction of sp³-hybridized carbons (Fsp3) is 0.458. The Hall–Kier alpha value is -2.71. The van der Waals surface area contributed by atoms with Crippen molar-refractivity contribution in [2.45, 2.75) is 38.5 Å². The van der Waals surface area contributed by atoms with Crippen molar-refractivity contribution in [1.82, 2.24) is 15.5 Å². The van der Waals surface area contributed by atoms with Gasteiger partial charge in [0.2, 0.25) is 0 Å². The van der Waals surface area contributed by atoms with Crippen LogP contribution in [0.3, 0.4) is 0 Å². The van der Waals surface area contributed by atoms with Crippen molar-refractivity contribution in [3.63, 3.8) is 0 Å². The van der Waals surface area contributed by atoms with Crippen molar-refractivity contribution in [2.24, 2.45) is 4.99 Å². The number of aliphatic imine (C=N–C) groups is 1. The number of halogens is 2. The highest BCUT2D eigenvalue weighted by Crippen LogP contribution is 2.19. The molecule has 0 amide bonds. The number of methoxy groups -OCH3 is 1. The second kappa shape index (κ2) is 11.8. The molecule has 1 aliphatic heterocycles. The van der Waals surface area contributed by atoms with Crippen molar-refractivity contribution in [1.29, 1.82) is 0 Å². The molecule has 8 heteroatoms. The molecule has 0 radical (unpaired) electrons. The summed E-state index contributed by atoms with van der Waals surface area (Å²) < 4.78 is 31.8. The quantitative estimate of drug-likeness (QED) is 0.429. The molecule has 32 heavy (non-hydrogen) atoms. The van der Waals surface area contributed by atoms with Crippen LogP contribution in [0.4, 0.5) is 8.78 Å². The van der Waals surface area contributed by atoms with E-state index in [1.165, 1.54) is 12.1 Å². The molecule has 1 heterocycles. The van der Waals surface area contributed by atoms with E-state index in [2.05, 4.69) is 20.5 Å². The summed E-state index contributed by atoms with van der Waals surface area (Å²) in [6.07, 6.45) is 1.09. The minimum absolute atomic E-state index is 0.234. The van der Waals surface area contributed by atoms with Crippen LogP contribution >= 0.6 is 0 Å². The smallest absolute Gasteiger partial charge is 0.191 e. The van der Waals surface area contributed by atoms with Crippen LogP contribution in [-0.4, -0.2) is 55.3 Å². The van der Waals surface area contributed by atoms with Gasteiger partial charge in [0.05, 0.1) is 19.8 Å². The third-order valence-corrected chi connectivity index (χ3v) is 5.56. The van der Waals surface area contributed by atoms with Gasteiger partial charge in [0, 0.05) is 32.2 Å². The molecule has 1 atom stereocenters. The lowest BCUT2D eigenvalue weighted by atomic mass is 10.0. The first-order valence-corrected chi connectivity index (χ1v) is 11.0. The van der Waals surface area contributed by atoms with Gasteiger partial charge in [-0.3, -0.25) is 9.89 Å². The summed E-state index contributed by atoms with van der Waals surface area (Å²) in [4.78, 5) is 6.79. The Labute approximate surface area is 188 Å². The van der Waals surface area contributed by atoms with Crippen LogP contribution in [0.25, 0.3) is 0 Å². The lowest BCUT2D eigenvalue weighted by Gasteiger charge is -2.33. The molecular weight excluding hydrogens is 414 g/mol. The minimum atomic E-state index is -0.816. The average molecular weight is 447 g/mol. The maximum atomic E-state index is 13.4. The first kappa shape index (κ1) is 23.9. The number of nitrogens with one attached hydrogen (secondary N) is 2. The molecule has 3 N–H and O–H groups in total. The Morgan fingerprint density at radius 3 is 2.66 bits per heavy atom. The normalized spacial score (nSPS) is 16.6. The number of likely N-dealkylation sites (tertiary alicyclic amines) is 1. The van der Waals surface area contributed by atoms with E-state index in [1.807, 2.05) is 31.2 Å². The Kier molecular flexibility index (Phi) is 8.81. The highest BCUT2D eigenvalue weighted by atomic mass is 19.2. The second-order valence-electron chi connectivity index (χ2n) is 7.96. The van der Waals surface area contributed by atoms with Crippen LogP contribution in [-0.2, 0) is 6.54 Å². The minimum Gasteiger partial charge on any atom is -0.497 e. The number of aliphatic hydroxyl groups is 1. The number of hydrogen-bond acceptors (Lipinski definition) is 4. The van der Waals surface area contributed by atoms with Crippen molar-refractivity contribution < 1.29 is 18.6 Å². The monoisotopic (exact) mass is 446 g/mol. The van der Waals surface area contributed by atoms with Crippen molar-refractivity contribution in [3.05, 3.63) is 65.2 Å². The van der Waals surface area contributed by atoms with E-state index in [-0.39, 0.29) is 12.6 Å². The lowest BCUT2D eigenvalue weighted by Crippen LogP contribution is -2.48. The molecule has 6 nitrogen and oxygen atoms in total. The SMILES string of the molecule is CCNC(=NCC(O)c1cccc(OC)c1)NC1CCN(Cc2ccc(F)c(F)c2)CC1. The molecule has 1 aliphatic rings. The number of nitrogens with zero attached hydrogens (tertiary/aromatic N) is 2. The number of aliphatic hydroxyl groups excluding tert-OH is 1. The van der Waals surface area contributed by atoms with Gasteiger partial charge < -0.3 is 20.5 Å². The molecule has 2 aromatic carbocycles. The van der Waals surface area contributed by atoms with Gasteiger partial charge in [-0.1, -0.05) is 18.2 Å². The van der Waals surface area contributed by atoms with Gasteiger partial charge in [-0.15, -0.1) is 0 Å². The highest BCUT2D eigenvalue weighted by Gasteiger charge is 2.20. The summed E-state index contributed by atoms with van der Waals surface area (Å²) >= 11 is 0. The van der Waals surface area contributed by atoms with E-state index >= 15 is 0 Å². The van der Waals surface area contributed by atoms with Gasteiger partial charge in [0.15, 0.2) is 17.6 Å². The first-order chi connectivity index (χ1) is 15.5. The fourth-order valence-corrected chi connectivity index (χ4v) is 3.78. The topological polar surface area (TPSA) is 69.1 Å². The summed E-state index contributed by atoms with van der Waals surface area (Å²) in [5.41, 5.74) is 1.53. The van der Waals surface area contributed by atoms with Crippen LogP contribution < -0.4 is 15.4 Å². The standard InChI is InChI=1S/C24H32F2N4O2/c1-3-27-24(28-15-23(31)18-5-4-6-20(14-18)32-2)29-19-9-11-30(12-10-19)16-17-7-8-21(25)22(26)13-17/h4-8,13-14,19,23,31H,3,9-12,15-16H2,1-2H3,(H2,27,28,29). The largest absolute Gasteiger partial charge is 0.497 e. The van der Waals surface area contributed by atoms with E-state index in [1.54, 1.807) is 13.2 Å². The van der Waals surface area contributed by atoms with Gasteiger partial charge in [0.25, 0.3) is 0 Å². The Bertz CT molecular complexity index is 901. The number of benzene rings is 2. The first-order valence-electron chi connectivity index (χ1n) is 11.0. The number of guanidine groups is 1. The van der Waals surface area contributed by atoms with E-state index in [9.17, 15) is 13.9 Å². The van der Waals surface area contributed by atoms with E-state index < -0.39 is 17.7 Å². The molecule has 174 valence electrons. The third kappa shape index (κ3) is 6.90. The molecule has 1 unspecified atom stereocenters. The third-order valence-electron chi connectivity index (χ3n) is 5.56. The number of rotatable bonds is 8. The zero-order valence-corrected chi connectivity index (χ0v) is 18.7.